The second kappa shape index (κ2) is 6.79. The van der Waals surface area contributed by atoms with Crippen LogP contribution >= 0.6 is 0 Å². The number of aryl methyl sites for hydroxylation is 1. The summed E-state index contributed by atoms with van der Waals surface area (Å²) in [6, 6.07) is 7.23. The molecule has 0 fully saturated rings. The highest BCUT2D eigenvalue weighted by atomic mass is 19.1. The Balaban J connectivity index is 2.29. The van der Waals surface area contributed by atoms with E-state index in [0.717, 1.165) is 31.2 Å². The van der Waals surface area contributed by atoms with Crippen molar-refractivity contribution in [3.63, 3.8) is 0 Å². The summed E-state index contributed by atoms with van der Waals surface area (Å²) in [5.41, 5.74) is 1.33. The van der Waals surface area contributed by atoms with Crippen LogP contribution in [0.3, 0.4) is 0 Å². The average molecular weight is 292 g/mol. The maximum Gasteiger partial charge on any atom is 0.131 e. The van der Waals surface area contributed by atoms with Crippen LogP contribution in [0.1, 0.15) is 37.3 Å². The smallest absolute Gasteiger partial charge is 0.131 e. The van der Waals surface area contributed by atoms with Crippen LogP contribution in [0.5, 0.6) is 0 Å². The second-order valence-electron chi connectivity index (χ2n) is 5.34. The SMILES string of the molecule is CCCCCc1ccc(-c2cc(F)c(C)c(F)c2)c(F)c1. The molecule has 2 aromatic carbocycles. The van der Waals surface area contributed by atoms with Crippen LogP contribution in [0.2, 0.25) is 0 Å². The highest BCUT2D eigenvalue weighted by Crippen LogP contribution is 2.27. The van der Waals surface area contributed by atoms with Crippen LogP contribution in [0.15, 0.2) is 30.3 Å². The first kappa shape index (κ1) is 15.6. The molecule has 0 aromatic heterocycles. The number of halogens is 3. The first-order chi connectivity index (χ1) is 10.0. The number of benzene rings is 2. The van der Waals surface area contributed by atoms with Gasteiger partial charge in [0.2, 0.25) is 0 Å². The minimum atomic E-state index is -0.656. The molecule has 0 aliphatic heterocycles. The van der Waals surface area contributed by atoms with Crippen molar-refractivity contribution >= 4 is 0 Å². The van der Waals surface area contributed by atoms with E-state index in [1.807, 2.05) is 6.07 Å². The van der Waals surface area contributed by atoms with E-state index in [9.17, 15) is 13.2 Å². The van der Waals surface area contributed by atoms with Crippen LogP contribution in [0, 0.1) is 24.4 Å². The Morgan fingerprint density at radius 3 is 2.10 bits per heavy atom. The van der Waals surface area contributed by atoms with Crippen molar-refractivity contribution in [2.75, 3.05) is 0 Å². The van der Waals surface area contributed by atoms with E-state index in [-0.39, 0.29) is 16.7 Å². The Morgan fingerprint density at radius 2 is 1.52 bits per heavy atom. The Kier molecular flexibility index (Phi) is 5.05. The molecule has 0 saturated carbocycles. The predicted octanol–water partition coefficient (Wildman–Crippen LogP) is 5.81. The third-order valence-electron chi connectivity index (χ3n) is 3.69. The summed E-state index contributed by atoms with van der Waals surface area (Å²) in [7, 11) is 0. The molecule has 0 nitrogen and oxygen atoms in total. The van der Waals surface area contributed by atoms with Crippen molar-refractivity contribution in [1.82, 2.24) is 0 Å². The van der Waals surface area contributed by atoms with E-state index in [4.69, 9.17) is 0 Å². The van der Waals surface area contributed by atoms with E-state index in [2.05, 4.69) is 6.92 Å². The minimum absolute atomic E-state index is 0.0460. The fourth-order valence-corrected chi connectivity index (χ4v) is 2.33. The van der Waals surface area contributed by atoms with Gasteiger partial charge in [-0.25, -0.2) is 13.2 Å². The molecule has 0 unspecified atom stereocenters. The molecule has 0 aliphatic rings. The number of hydrogen-bond acceptors (Lipinski definition) is 0. The summed E-state index contributed by atoms with van der Waals surface area (Å²) < 4.78 is 41.3. The largest absolute Gasteiger partial charge is 0.207 e. The first-order valence-electron chi connectivity index (χ1n) is 7.27. The number of rotatable bonds is 5. The molecule has 0 atom stereocenters. The normalized spacial score (nSPS) is 10.9. The lowest BCUT2D eigenvalue weighted by atomic mass is 9.99. The van der Waals surface area contributed by atoms with Crippen molar-refractivity contribution in [3.8, 4) is 11.1 Å². The van der Waals surface area contributed by atoms with Gasteiger partial charge < -0.3 is 0 Å². The molecule has 0 N–H and O–H groups in total. The lowest BCUT2D eigenvalue weighted by Gasteiger charge is -2.08. The molecule has 112 valence electrons. The van der Waals surface area contributed by atoms with E-state index < -0.39 is 17.5 Å². The molecule has 0 radical (unpaired) electrons. The van der Waals surface area contributed by atoms with Crippen LogP contribution in [-0.4, -0.2) is 0 Å². The van der Waals surface area contributed by atoms with Gasteiger partial charge in [0.05, 0.1) is 0 Å². The predicted molar refractivity (Wildman–Crippen MR) is 79.7 cm³/mol. The van der Waals surface area contributed by atoms with Gasteiger partial charge in [-0.1, -0.05) is 31.9 Å². The Morgan fingerprint density at radius 1 is 0.857 bits per heavy atom. The Bertz CT molecular complexity index is 609. The maximum atomic E-state index is 14.2. The van der Waals surface area contributed by atoms with Crippen molar-refractivity contribution in [2.45, 2.75) is 39.5 Å². The molecule has 3 heteroatoms. The molecule has 2 aromatic rings. The van der Waals surface area contributed by atoms with Crippen LogP contribution in [-0.2, 0) is 6.42 Å². The number of hydrogen-bond donors (Lipinski definition) is 0. The molecule has 0 aliphatic carbocycles. The monoisotopic (exact) mass is 292 g/mol. The third-order valence-corrected chi connectivity index (χ3v) is 3.69. The van der Waals surface area contributed by atoms with Crippen LogP contribution in [0.4, 0.5) is 13.2 Å². The van der Waals surface area contributed by atoms with Gasteiger partial charge in [0.25, 0.3) is 0 Å². The summed E-state index contributed by atoms with van der Waals surface area (Å²) in [6.45, 7) is 3.48. The van der Waals surface area contributed by atoms with Crippen LogP contribution < -0.4 is 0 Å². The summed E-state index contributed by atoms with van der Waals surface area (Å²) in [4.78, 5) is 0. The molecular formula is C18H19F3. The van der Waals surface area contributed by atoms with Gasteiger partial charge in [-0.2, -0.15) is 0 Å². The van der Waals surface area contributed by atoms with Gasteiger partial charge in [-0.3, -0.25) is 0 Å². The molecule has 21 heavy (non-hydrogen) atoms. The van der Waals surface area contributed by atoms with E-state index in [0.29, 0.717) is 0 Å². The van der Waals surface area contributed by atoms with Crippen LogP contribution in [0.25, 0.3) is 11.1 Å². The standard InChI is InChI=1S/C18H19F3/c1-3-4-5-6-13-7-8-15(18(21)9-13)14-10-16(19)12(2)17(20)11-14/h7-11H,3-6H2,1-2H3. The fraction of sp³-hybridized carbons (Fsp3) is 0.333. The van der Waals surface area contributed by atoms with Gasteiger partial charge in [0.1, 0.15) is 17.5 Å². The quantitative estimate of drug-likeness (QED) is 0.610. The Hall–Kier alpha value is -1.77. The fourth-order valence-electron chi connectivity index (χ4n) is 2.33. The van der Waals surface area contributed by atoms with E-state index in [1.54, 1.807) is 6.07 Å². The molecule has 0 spiro atoms. The molecular weight excluding hydrogens is 273 g/mol. The summed E-state index contributed by atoms with van der Waals surface area (Å²) in [5, 5.41) is 0. The zero-order valence-electron chi connectivity index (χ0n) is 12.3. The topological polar surface area (TPSA) is 0 Å². The lowest BCUT2D eigenvalue weighted by Crippen LogP contribution is -1.94. The zero-order valence-corrected chi connectivity index (χ0v) is 12.3. The van der Waals surface area contributed by atoms with E-state index in [1.165, 1.54) is 25.1 Å². The second-order valence-corrected chi connectivity index (χ2v) is 5.34. The molecule has 0 heterocycles. The molecule has 0 amide bonds. The average Bonchev–Trinajstić information content (AvgIpc) is 2.45. The highest BCUT2D eigenvalue weighted by molar-refractivity contribution is 5.65. The zero-order chi connectivity index (χ0) is 15.4. The first-order valence-corrected chi connectivity index (χ1v) is 7.27. The van der Waals surface area contributed by atoms with Crippen molar-refractivity contribution < 1.29 is 13.2 Å². The summed E-state index contributed by atoms with van der Waals surface area (Å²) in [6.07, 6.45) is 4.06. The van der Waals surface area contributed by atoms with E-state index >= 15 is 0 Å². The minimum Gasteiger partial charge on any atom is -0.207 e. The van der Waals surface area contributed by atoms with Gasteiger partial charge in [0.15, 0.2) is 0 Å². The Labute approximate surface area is 123 Å². The van der Waals surface area contributed by atoms with Crippen molar-refractivity contribution in [1.29, 1.82) is 0 Å². The summed E-state index contributed by atoms with van der Waals surface area (Å²) in [5.74, 6) is -1.75. The molecule has 0 saturated heterocycles. The van der Waals surface area contributed by atoms with Crippen molar-refractivity contribution in [2.24, 2.45) is 0 Å². The third kappa shape index (κ3) is 3.66. The number of unbranched alkanes of at least 4 members (excludes halogenated alkanes) is 2. The maximum absolute atomic E-state index is 14.2. The van der Waals surface area contributed by atoms with Gasteiger partial charge in [-0.05, 0) is 49.1 Å². The van der Waals surface area contributed by atoms with Gasteiger partial charge in [-0.15, -0.1) is 0 Å². The van der Waals surface area contributed by atoms with Gasteiger partial charge >= 0.3 is 0 Å². The van der Waals surface area contributed by atoms with Gasteiger partial charge in [0, 0.05) is 11.1 Å². The lowest BCUT2D eigenvalue weighted by molar-refractivity contribution is 0.568. The molecule has 0 bridgehead atoms. The molecule has 2 rings (SSSR count). The summed E-state index contributed by atoms with van der Waals surface area (Å²) >= 11 is 0. The highest BCUT2D eigenvalue weighted by Gasteiger charge is 2.12. The van der Waals surface area contributed by atoms with Crippen molar-refractivity contribution in [3.05, 3.63) is 58.9 Å².